The van der Waals surface area contributed by atoms with E-state index in [1.807, 2.05) is 0 Å². The molecule has 0 aromatic rings. The van der Waals surface area contributed by atoms with Crippen molar-refractivity contribution in [3.05, 3.63) is 194 Å². The average Bonchev–Trinajstić information content (AvgIpc) is 3.45. The van der Waals surface area contributed by atoms with Gasteiger partial charge < -0.3 is 14.2 Å². The summed E-state index contributed by atoms with van der Waals surface area (Å²) in [5, 5.41) is 0. The van der Waals surface area contributed by atoms with Crippen LogP contribution < -0.4 is 0 Å². The third-order valence-electron chi connectivity index (χ3n) is 12.1. The Morgan fingerprint density at radius 2 is 0.468 bits per heavy atom. The predicted molar refractivity (Wildman–Crippen MR) is 343 cm³/mol. The van der Waals surface area contributed by atoms with Crippen molar-refractivity contribution in [2.45, 2.75) is 232 Å². The van der Waals surface area contributed by atoms with Crippen LogP contribution in [0.2, 0.25) is 0 Å². The van der Waals surface area contributed by atoms with Crippen molar-refractivity contribution in [3.8, 4) is 0 Å². The Morgan fingerprint density at radius 1 is 0.253 bits per heavy atom. The Hall–Kier alpha value is -5.75. The van der Waals surface area contributed by atoms with Crippen LogP contribution in [0.5, 0.6) is 0 Å². The number of rotatable bonds is 53. The Morgan fingerprint density at radius 3 is 0.759 bits per heavy atom. The Kier molecular flexibility index (Phi) is 60.1. The van der Waals surface area contributed by atoms with Crippen molar-refractivity contribution >= 4 is 17.9 Å². The first-order valence-corrected chi connectivity index (χ1v) is 30.9. The fourth-order valence-corrected chi connectivity index (χ4v) is 7.57. The predicted octanol–water partition coefficient (Wildman–Crippen LogP) is 21.4. The van der Waals surface area contributed by atoms with Gasteiger partial charge in [-0.15, -0.1) is 0 Å². The molecule has 0 amide bonds. The summed E-state index contributed by atoms with van der Waals surface area (Å²) in [5.74, 6) is -1.04. The molecular weight excluding hydrogens is 973 g/mol. The van der Waals surface area contributed by atoms with Crippen LogP contribution in [-0.4, -0.2) is 37.2 Å². The smallest absolute Gasteiger partial charge is 0.306 e. The zero-order chi connectivity index (χ0) is 57.1. The van der Waals surface area contributed by atoms with Crippen LogP contribution >= 0.6 is 0 Å². The third-order valence-corrected chi connectivity index (χ3v) is 12.1. The molecule has 0 aliphatic heterocycles. The van der Waals surface area contributed by atoms with E-state index >= 15 is 0 Å². The summed E-state index contributed by atoms with van der Waals surface area (Å²) >= 11 is 0. The highest BCUT2D eigenvalue weighted by Crippen LogP contribution is 2.12. The molecule has 0 heterocycles. The molecule has 0 aliphatic rings. The van der Waals surface area contributed by atoms with E-state index < -0.39 is 6.10 Å². The first kappa shape index (κ1) is 73.2. The molecule has 0 saturated carbocycles. The molecule has 0 N–H and O–H groups in total. The van der Waals surface area contributed by atoms with Crippen molar-refractivity contribution < 1.29 is 28.6 Å². The van der Waals surface area contributed by atoms with Gasteiger partial charge in [0.15, 0.2) is 6.10 Å². The molecule has 0 aromatic heterocycles. The van der Waals surface area contributed by atoms with Gasteiger partial charge >= 0.3 is 17.9 Å². The van der Waals surface area contributed by atoms with E-state index in [1.54, 1.807) is 0 Å². The minimum Gasteiger partial charge on any atom is -0.462 e. The maximum Gasteiger partial charge on any atom is 0.306 e. The minimum atomic E-state index is -0.837. The van der Waals surface area contributed by atoms with E-state index in [1.165, 1.54) is 0 Å². The summed E-state index contributed by atoms with van der Waals surface area (Å²) in [4.78, 5) is 38.3. The highest BCUT2D eigenvalue weighted by atomic mass is 16.6. The second-order valence-corrected chi connectivity index (χ2v) is 19.5. The minimum absolute atomic E-state index is 0.129. The molecule has 1 unspecified atom stereocenters. The Labute approximate surface area is 484 Å². The molecule has 0 aliphatic carbocycles. The van der Waals surface area contributed by atoms with Gasteiger partial charge in [-0.1, -0.05) is 247 Å². The van der Waals surface area contributed by atoms with Crippen molar-refractivity contribution in [2.24, 2.45) is 0 Å². The van der Waals surface area contributed by atoms with Gasteiger partial charge in [0.1, 0.15) is 13.2 Å². The SMILES string of the molecule is CC/C=C\C/C=C\C/C=C\C/C=C\C/C=C\C/C=C\CCCCCCC(=O)OCC(COC(=O)CCC/C=C\C/C=C\C/C=C\C/C=C\C/C=C\CC)OC(=O)CCCCCCC/C=C\C/C=C\C/C=C\C/C=C\C/C=C\CC. The number of ether oxygens (including phenoxy) is 3. The van der Waals surface area contributed by atoms with E-state index in [9.17, 15) is 14.4 Å². The highest BCUT2D eigenvalue weighted by molar-refractivity contribution is 5.71. The standard InChI is InChI=1S/C73H110O6/c1-4-7-10-13-16-19-22-25-28-31-33-35-36-38-39-42-45-48-51-54-57-60-63-66-72(75)78-69-70(68-77-71(74)65-62-59-56-53-50-47-44-41-30-27-24-21-18-15-12-9-6-3)79-73(76)67-64-61-58-55-52-49-46-43-40-37-34-32-29-26-23-20-17-14-11-8-5-2/h7-12,16-21,25-30,33-35,37-39,43-48,53,56,70H,4-6,13-15,22-24,31-32,36,40-42,49-52,54-55,57-69H2,1-3H3/b10-7-,11-8-,12-9-,19-16-,20-17-,21-18-,28-25-,29-26-,30-27-,35-33-,37-34-,39-38-,46-43-,47-44-,48-45-,56-53-. The first-order chi connectivity index (χ1) is 39.0. The van der Waals surface area contributed by atoms with Crippen LogP contribution in [0.15, 0.2) is 194 Å². The summed E-state index contributed by atoms with van der Waals surface area (Å²) in [6.45, 7) is 6.19. The van der Waals surface area contributed by atoms with Crippen LogP contribution in [0.25, 0.3) is 0 Å². The molecule has 6 nitrogen and oxygen atoms in total. The number of unbranched alkanes of at least 4 members (excludes halogenated alkanes) is 10. The molecule has 6 heteroatoms. The Balaban J connectivity index is 4.60. The van der Waals surface area contributed by atoms with E-state index in [4.69, 9.17) is 14.2 Å². The second-order valence-electron chi connectivity index (χ2n) is 19.5. The van der Waals surface area contributed by atoms with Gasteiger partial charge in [-0.25, -0.2) is 0 Å². The number of hydrogen-bond donors (Lipinski definition) is 0. The van der Waals surface area contributed by atoms with E-state index in [-0.39, 0.29) is 44.0 Å². The van der Waals surface area contributed by atoms with Gasteiger partial charge in [0.25, 0.3) is 0 Å². The van der Waals surface area contributed by atoms with Gasteiger partial charge in [-0.2, -0.15) is 0 Å². The first-order valence-electron chi connectivity index (χ1n) is 30.9. The molecule has 0 radical (unpaired) electrons. The van der Waals surface area contributed by atoms with Crippen LogP contribution in [-0.2, 0) is 28.6 Å². The van der Waals surface area contributed by atoms with Crippen molar-refractivity contribution in [1.29, 1.82) is 0 Å². The fourth-order valence-electron chi connectivity index (χ4n) is 7.57. The summed E-state index contributed by atoms with van der Waals surface area (Å²) < 4.78 is 16.8. The lowest BCUT2D eigenvalue weighted by atomic mass is 10.1. The summed E-state index contributed by atoms with van der Waals surface area (Å²) in [7, 11) is 0. The number of esters is 3. The molecular formula is C73H110O6. The lowest BCUT2D eigenvalue weighted by Gasteiger charge is -2.18. The zero-order valence-corrected chi connectivity index (χ0v) is 50.0. The molecule has 79 heavy (non-hydrogen) atoms. The van der Waals surface area contributed by atoms with E-state index in [0.29, 0.717) is 12.8 Å². The van der Waals surface area contributed by atoms with Gasteiger partial charge in [-0.3, -0.25) is 14.4 Å². The quantitative estimate of drug-likeness (QED) is 0.0261. The van der Waals surface area contributed by atoms with Crippen LogP contribution in [0.1, 0.15) is 226 Å². The van der Waals surface area contributed by atoms with E-state index in [0.717, 1.165) is 180 Å². The van der Waals surface area contributed by atoms with Crippen LogP contribution in [0, 0.1) is 0 Å². The van der Waals surface area contributed by atoms with Gasteiger partial charge in [-0.05, 0) is 154 Å². The number of carbonyl (C=O) groups excluding carboxylic acids is 3. The van der Waals surface area contributed by atoms with Gasteiger partial charge in [0.05, 0.1) is 0 Å². The second kappa shape index (κ2) is 64.8. The summed E-state index contributed by atoms with van der Waals surface area (Å²) in [6, 6.07) is 0. The van der Waals surface area contributed by atoms with Crippen molar-refractivity contribution in [3.63, 3.8) is 0 Å². The lowest BCUT2D eigenvalue weighted by Crippen LogP contribution is -2.30. The third kappa shape index (κ3) is 63.0. The number of allylic oxidation sites excluding steroid dienone is 32. The Bertz CT molecular complexity index is 1920. The molecule has 0 bridgehead atoms. The molecule has 0 fully saturated rings. The normalized spacial score (nSPS) is 13.5. The maximum absolute atomic E-state index is 12.9. The van der Waals surface area contributed by atoms with E-state index in [2.05, 4.69) is 215 Å². The number of hydrogen-bond acceptors (Lipinski definition) is 6. The summed E-state index contributed by atoms with van der Waals surface area (Å²) in [5.41, 5.74) is 0. The molecule has 0 spiro atoms. The molecule has 0 aromatic carbocycles. The summed E-state index contributed by atoms with van der Waals surface area (Å²) in [6.07, 6.45) is 98.5. The van der Waals surface area contributed by atoms with Gasteiger partial charge in [0, 0.05) is 19.3 Å². The highest BCUT2D eigenvalue weighted by Gasteiger charge is 2.19. The van der Waals surface area contributed by atoms with Crippen molar-refractivity contribution in [2.75, 3.05) is 13.2 Å². The van der Waals surface area contributed by atoms with Crippen molar-refractivity contribution in [1.82, 2.24) is 0 Å². The average molecular weight is 1080 g/mol. The zero-order valence-electron chi connectivity index (χ0n) is 50.0. The molecule has 0 saturated heterocycles. The lowest BCUT2D eigenvalue weighted by molar-refractivity contribution is -0.167. The van der Waals surface area contributed by atoms with Crippen LogP contribution in [0.3, 0.4) is 0 Å². The topological polar surface area (TPSA) is 78.9 Å². The maximum atomic E-state index is 12.9. The number of carbonyl (C=O) groups is 3. The molecule has 438 valence electrons. The van der Waals surface area contributed by atoms with Gasteiger partial charge in [0.2, 0.25) is 0 Å². The van der Waals surface area contributed by atoms with Crippen LogP contribution in [0.4, 0.5) is 0 Å². The molecule has 0 rings (SSSR count). The monoisotopic (exact) mass is 1080 g/mol. The largest absolute Gasteiger partial charge is 0.462 e. The molecule has 1 atom stereocenters. The fraction of sp³-hybridized carbons (Fsp3) is 0.521.